The lowest BCUT2D eigenvalue weighted by atomic mass is 9.44. The van der Waals surface area contributed by atoms with E-state index < -0.39 is 0 Å². The van der Waals surface area contributed by atoms with Crippen LogP contribution in [0.25, 0.3) is 0 Å². The first-order valence-corrected chi connectivity index (χ1v) is 8.09. The van der Waals surface area contributed by atoms with Crippen molar-refractivity contribution >= 4 is 11.6 Å². The molecule has 0 aromatic heterocycles. The van der Waals surface area contributed by atoms with Gasteiger partial charge in [-0.15, -0.1) is 0 Å². The Bertz CT molecular complexity index is 622. The van der Waals surface area contributed by atoms with Crippen LogP contribution in [0, 0.1) is 23.2 Å². The predicted molar refractivity (Wildman–Crippen MR) is 83.7 cm³/mol. The van der Waals surface area contributed by atoms with Crippen LogP contribution in [0.4, 0.5) is 5.69 Å². The first-order valence-electron chi connectivity index (χ1n) is 8.09. The van der Waals surface area contributed by atoms with Gasteiger partial charge in [-0.2, -0.15) is 0 Å². The van der Waals surface area contributed by atoms with Crippen molar-refractivity contribution in [1.29, 1.82) is 0 Å². The molecule has 2 N–H and O–H groups in total. The van der Waals surface area contributed by atoms with Crippen LogP contribution in [0.15, 0.2) is 18.2 Å². The van der Waals surface area contributed by atoms with Crippen LogP contribution >= 0.6 is 0 Å². The highest BCUT2D eigenvalue weighted by Gasteiger charge is 2.58. The number of fused-ring (bicyclic) bond motifs is 3. The summed E-state index contributed by atoms with van der Waals surface area (Å²) in [5.41, 5.74) is 9.14. The van der Waals surface area contributed by atoms with E-state index in [0.29, 0.717) is 23.9 Å². The largest absolute Gasteiger partial charge is 0.398 e. The number of hydrogen-bond acceptors (Lipinski definition) is 2. The van der Waals surface area contributed by atoms with Crippen molar-refractivity contribution in [2.24, 2.45) is 23.2 Å². The molecule has 3 nitrogen and oxygen atoms in total. The molecule has 0 saturated heterocycles. The van der Waals surface area contributed by atoms with Gasteiger partial charge in [0.1, 0.15) is 0 Å². The van der Waals surface area contributed by atoms with Crippen LogP contribution in [0.1, 0.15) is 49.5 Å². The van der Waals surface area contributed by atoms with Crippen LogP contribution in [-0.2, 0) is 6.54 Å². The third kappa shape index (κ3) is 1.58. The SMILES string of the molecule is C[C@H]1[C@H](N2Cc3c(N)cccc3C2=O)C[C@@H]2C[C@H]1C2(C)C. The average molecular weight is 284 g/mol. The van der Waals surface area contributed by atoms with E-state index in [4.69, 9.17) is 5.73 Å². The molecule has 5 rings (SSSR count). The number of benzene rings is 1. The van der Waals surface area contributed by atoms with Crippen LogP contribution in [0.5, 0.6) is 0 Å². The molecule has 0 unspecified atom stereocenters. The standard InChI is InChI=1S/C18H24N2O/c1-10-14-7-11(18(14,2)3)8-16(10)20-9-13-12(17(20)21)5-4-6-15(13)19/h4-6,10-11,14,16H,7-9,19H2,1-3H3/t10-,11+,14-,16-/m1/s1. The Morgan fingerprint density at radius 1 is 1.29 bits per heavy atom. The molecule has 0 spiro atoms. The van der Waals surface area contributed by atoms with E-state index in [-0.39, 0.29) is 5.91 Å². The zero-order valence-electron chi connectivity index (χ0n) is 13.1. The summed E-state index contributed by atoms with van der Waals surface area (Å²) in [5.74, 6) is 2.31. The lowest BCUT2D eigenvalue weighted by Crippen LogP contribution is -2.60. The molecule has 2 bridgehead atoms. The smallest absolute Gasteiger partial charge is 0.254 e. The van der Waals surface area contributed by atoms with Crippen LogP contribution < -0.4 is 5.73 Å². The number of nitrogens with zero attached hydrogens (tertiary/aromatic N) is 1. The molecule has 1 amide bonds. The van der Waals surface area contributed by atoms with Gasteiger partial charge in [-0.05, 0) is 48.1 Å². The topological polar surface area (TPSA) is 46.3 Å². The zero-order valence-corrected chi connectivity index (χ0v) is 13.1. The molecular weight excluding hydrogens is 260 g/mol. The number of carbonyl (C=O) groups is 1. The Hall–Kier alpha value is -1.51. The Kier molecular flexibility index (Phi) is 2.52. The normalized spacial score (nSPS) is 36.3. The minimum absolute atomic E-state index is 0.188. The molecule has 3 heteroatoms. The molecule has 1 heterocycles. The molecule has 3 fully saturated rings. The summed E-state index contributed by atoms with van der Waals surface area (Å²) >= 11 is 0. The summed E-state index contributed by atoms with van der Waals surface area (Å²) in [6, 6.07) is 6.11. The maximum Gasteiger partial charge on any atom is 0.254 e. The maximum atomic E-state index is 12.7. The van der Waals surface area contributed by atoms with E-state index in [0.717, 1.165) is 35.1 Å². The van der Waals surface area contributed by atoms with Gasteiger partial charge in [0.15, 0.2) is 0 Å². The molecule has 21 heavy (non-hydrogen) atoms. The molecule has 112 valence electrons. The highest BCUT2D eigenvalue weighted by Crippen LogP contribution is 2.62. The van der Waals surface area contributed by atoms with E-state index in [9.17, 15) is 4.79 Å². The summed E-state index contributed by atoms with van der Waals surface area (Å²) in [6.45, 7) is 7.84. The molecule has 1 aromatic carbocycles. The highest BCUT2D eigenvalue weighted by molar-refractivity contribution is 6.00. The van der Waals surface area contributed by atoms with E-state index in [1.54, 1.807) is 0 Å². The predicted octanol–water partition coefficient (Wildman–Crippen LogP) is 3.30. The summed E-state index contributed by atoms with van der Waals surface area (Å²) in [7, 11) is 0. The number of amides is 1. The zero-order chi connectivity index (χ0) is 14.9. The molecule has 3 saturated carbocycles. The van der Waals surface area contributed by atoms with Gasteiger partial charge in [0.25, 0.3) is 5.91 Å². The van der Waals surface area contributed by atoms with Gasteiger partial charge >= 0.3 is 0 Å². The van der Waals surface area contributed by atoms with E-state index in [1.165, 1.54) is 6.42 Å². The van der Waals surface area contributed by atoms with Gasteiger partial charge in [0.05, 0.1) is 0 Å². The van der Waals surface area contributed by atoms with Crippen LogP contribution in [0.2, 0.25) is 0 Å². The average Bonchev–Trinajstić information content (AvgIpc) is 2.77. The number of carbonyl (C=O) groups excluding carboxylic acids is 1. The van der Waals surface area contributed by atoms with E-state index in [1.807, 2.05) is 18.2 Å². The molecule has 4 aliphatic rings. The van der Waals surface area contributed by atoms with Crippen molar-refractivity contribution in [2.75, 3.05) is 5.73 Å². The fourth-order valence-electron chi connectivity index (χ4n) is 5.18. The first kappa shape index (κ1) is 13.2. The van der Waals surface area contributed by atoms with Crippen molar-refractivity contribution in [2.45, 2.75) is 46.2 Å². The lowest BCUT2D eigenvalue weighted by molar-refractivity contribution is -0.132. The monoisotopic (exact) mass is 284 g/mol. The summed E-state index contributed by atoms with van der Waals surface area (Å²) in [5, 5.41) is 0. The number of nitrogen functional groups attached to an aromatic ring is 1. The van der Waals surface area contributed by atoms with Crippen molar-refractivity contribution in [3.05, 3.63) is 29.3 Å². The Morgan fingerprint density at radius 3 is 2.67 bits per heavy atom. The third-order valence-electron chi connectivity index (χ3n) is 6.75. The van der Waals surface area contributed by atoms with Crippen LogP contribution in [0.3, 0.4) is 0 Å². The summed E-state index contributed by atoms with van der Waals surface area (Å²) < 4.78 is 0. The van der Waals surface area contributed by atoms with Gasteiger partial charge in [0.2, 0.25) is 0 Å². The molecule has 4 atom stereocenters. The fourth-order valence-corrected chi connectivity index (χ4v) is 5.18. The minimum Gasteiger partial charge on any atom is -0.398 e. The van der Waals surface area contributed by atoms with Gasteiger partial charge in [-0.1, -0.05) is 26.8 Å². The van der Waals surface area contributed by atoms with Gasteiger partial charge in [0, 0.05) is 29.4 Å². The van der Waals surface area contributed by atoms with Crippen LogP contribution in [-0.4, -0.2) is 16.8 Å². The van der Waals surface area contributed by atoms with E-state index in [2.05, 4.69) is 25.7 Å². The summed E-state index contributed by atoms with van der Waals surface area (Å²) in [4.78, 5) is 14.8. The second-order valence-corrected chi connectivity index (χ2v) is 7.83. The molecule has 1 aromatic rings. The Balaban J connectivity index is 1.63. The Labute approximate surface area is 126 Å². The van der Waals surface area contributed by atoms with Gasteiger partial charge < -0.3 is 10.6 Å². The second-order valence-electron chi connectivity index (χ2n) is 7.83. The number of hydrogen-bond donors (Lipinski definition) is 1. The van der Waals surface area contributed by atoms with Gasteiger partial charge in [-0.3, -0.25) is 4.79 Å². The lowest BCUT2D eigenvalue weighted by Gasteiger charge is -2.63. The maximum absolute atomic E-state index is 12.7. The fraction of sp³-hybridized carbons (Fsp3) is 0.611. The van der Waals surface area contributed by atoms with Gasteiger partial charge in [-0.25, -0.2) is 0 Å². The third-order valence-corrected chi connectivity index (χ3v) is 6.75. The Morgan fingerprint density at radius 2 is 2.05 bits per heavy atom. The second kappa shape index (κ2) is 4.02. The van der Waals surface area contributed by atoms with E-state index >= 15 is 0 Å². The van der Waals surface area contributed by atoms with Crippen molar-refractivity contribution in [3.63, 3.8) is 0 Å². The number of rotatable bonds is 1. The molecular formula is C18H24N2O. The number of nitrogens with two attached hydrogens (primary N) is 1. The number of anilines is 1. The highest BCUT2D eigenvalue weighted by atomic mass is 16.2. The molecule has 1 aliphatic heterocycles. The quantitative estimate of drug-likeness (QED) is 0.804. The molecule has 3 aliphatic carbocycles. The minimum atomic E-state index is 0.188. The van der Waals surface area contributed by atoms with Crippen molar-refractivity contribution in [1.82, 2.24) is 4.90 Å². The van der Waals surface area contributed by atoms with Crippen molar-refractivity contribution in [3.8, 4) is 0 Å². The van der Waals surface area contributed by atoms with Crippen molar-refractivity contribution < 1.29 is 4.79 Å². The molecule has 0 radical (unpaired) electrons. The first-order chi connectivity index (χ1) is 9.91. The summed E-state index contributed by atoms with van der Waals surface area (Å²) in [6.07, 6.45) is 2.51.